The summed E-state index contributed by atoms with van der Waals surface area (Å²) in [6.45, 7) is 6.35. The van der Waals surface area contributed by atoms with Gasteiger partial charge < -0.3 is 14.4 Å². The molecule has 2 atom stereocenters. The molecule has 160 valence electrons. The highest BCUT2D eigenvalue weighted by molar-refractivity contribution is 5.85. The van der Waals surface area contributed by atoms with Crippen LogP contribution in [0, 0.1) is 0 Å². The summed E-state index contributed by atoms with van der Waals surface area (Å²) >= 11 is 0. The summed E-state index contributed by atoms with van der Waals surface area (Å²) in [5.74, 6) is 0. The Morgan fingerprint density at radius 2 is 1.45 bits per heavy atom. The fourth-order valence-corrected chi connectivity index (χ4v) is 3.83. The summed E-state index contributed by atoms with van der Waals surface area (Å²) in [5.41, 5.74) is 1.81. The standard InChI is InChI=1S/C24H33NO3.ClH/c1-6-22(28-23(26)27-7-2)24(18-19(3)25(4)5,20-14-10-8-11-15-20)21-16-12-9-13-17-21;/h8-17,19,22H,6-7,18H2,1-5H3;1H. The molecular formula is C24H34ClNO3. The molecule has 2 unspecified atom stereocenters. The van der Waals surface area contributed by atoms with E-state index in [2.05, 4.69) is 57.1 Å². The predicted octanol–water partition coefficient (Wildman–Crippen LogP) is 5.69. The van der Waals surface area contributed by atoms with Crippen molar-refractivity contribution >= 4 is 18.6 Å². The quantitative estimate of drug-likeness (QED) is 0.489. The number of ether oxygens (including phenoxy) is 2. The van der Waals surface area contributed by atoms with E-state index in [0.717, 1.165) is 17.5 Å². The molecule has 5 heteroatoms. The molecule has 0 saturated carbocycles. The topological polar surface area (TPSA) is 38.8 Å². The maximum atomic E-state index is 12.3. The third kappa shape index (κ3) is 5.97. The van der Waals surface area contributed by atoms with Crippen molar-refractivity contribution in [2.75, 3.05) is 20.7 Å². The number of benzene rings is 2. The van der Waals surface area contributed by atoms with Crippen LogP contribution in [0.3, 0.4) is 0 Å². The zero-order valence-corrected chi connectivity index (χ0v) is 18.9. The molecule has 0 bridgehead atoms. The fraction of sp³-hybridized carbons (Fsp3) is 0.458. The Balaban J connectivity index is 0.00000420. The first-order valence-electron chi connectivity index (χ1n) is 10.1. The monoisotopic (exact) mass is 419 g/mol. The third-order valence-electron chi connectivity index (χ3n) is 5.50. The van der Waals surface area contributed by atoms with Gasteiger partial charge >= 0.3 is 6.16 Å². The van der Waals surface area contributed by atoms with E-state index in [1.54, 1.807) is 6.92 Å². The van der Waals surface area contributed by atoms with Gasteiger partial charge in [-0.25, -0.2) is 4.79 Å². The summed E-state index contributed by atoms with van der Waals surface area (Å²) in [5, 5.41) is 0. The minimum atomic E-state index is -0.608. The summed E-state index contributed by atoms with van der Waals surface area (Å²) in [6, 6.07) is 21.0. The Labute approximate surface area is 181 Å². The zero-order chi connectivity index (χ0) is 20.6. The van der Waals surface area contributed by atoms with Crippen molar-refractivity contribution in [3.8, 4) is 0 Å². The molecule has 0 aromatic heterocycles. The van der Waals surface area contributed by atoms with Gasteiger partial charge in [-0.2, -0.15) is 0 Å². The van der Waals surface area contributed by atoms with Crippen molar-refractivity contribution in [1.82, 2.24) is 4.90 Å². The smallest absolute Gasteiger partial charge is 0.435 e. The SMILES string of the molecule is CCOC(=O)OC(CC)C(CC(C)N(C)C)(c1ccccc1)c1ccccc1.Cl. The van der Waals surface area contributed by atoms with Crippen molar-refractivity contribution in [2.45, 2.75) is 51.2 Å². The van der Waals surface area contributed by atoms with Crippen LogP contribution in [0.25, 0.3) is 0 Å². The Morgan fingerprint density at radius 3 is 1.83 bits per heavy atom. The third-order valence-corrected chi connectivity index (χ3v) is 5.50. The molecule has 2 aromatic carbocycles. The second kappa shape index (κ2) is 11.8. The van der Waals surface area contributed by atoms with Crippen molar-refractivity contribution in [3.63, 3.8) is 0 Å². The first-order chi connectivity index (χ1) is 13.5. The normalized spacial score (nSPS) is 13.3. The minimum Gasteiger partial charge on any atom is -0.435 e. The highest BCUT2D eigenvalue weighted by Crippen LogP contribution is 2.43. The number of hydrogen-bond acceptors (Lipinski definition) is 4. The molecule has 0 amide bonds. The van der Waals surface area contributed by atoms with Crippen LogP contribution in [0.2, 0.25) is 0 Å². The van der Waals surface area contributed by atoms with Gasteiger partial charge in [-0.1, -0.05) is 67.6 Å². The maximum Gasteiger partial charge on any atom is 0.508 e. The molecule has 29 heavy (non-hydrogen) atoms. The van der Waals surface area contributed by atoms with E-state index in [-0.39, 0.29) is 24.6 Å². The van der Waals surface area contributed by atoms with Gasteiger partial charge in [0.1, 0.15) is 6.10 Å². The predicted molar refractivity (Wildman–Crippen MR) is 121 cm³/mol. The van der Waals surface area contributed by atoms with Crippen LogP contribution in [0.1, 0.15) is 44.7 Å². The van der Waals surface area contributed by atoms with Gasteiger partial charge in [0.2, 0.25) is 0 Å². The van der Waals surface area contributed by atoms with Gasteiger partial charge in [0, 0.05) is 6.04 Å². The Hall–Kier alpha value is -2.04. The fourth-order valence-electron chi connectivity index (χ4n) is 3.83. The number of rotatable bonds is 9. The van der Waals surface area contributed by atoms with Crippen LogP contribution in [0.15, 0.2) is 60.7 Å². The Morgan fingerprint density at radius 1 is 0.966 bits per heavy atom. The lowest BCUT2D eigenvalue weighted by Gasteiger charge is -2.43. The Kier molecular flexibility index (Phi) is 10.2. The van der Waals surface area contributed by atoms with Gasteiger partial charge in [0.05, 0.1) is 12.0 Å². The average molecular weight is 420 g/mol. The molecule has 0 spiro atoms. The molecule has 0 saturated heterocycles. The molecule has 0 radical (unpaired) electrons. The first-order valence-corrected chi connectivity index (χ1v) is 10.1. The lowest BCUT2D eigenvalue weighted by molar-refractivity contribution is -0.00541. The van der Waals surface area contributed by atoms with Crippen LogP contribution in [-0.4, -0.2) is 43.9 Å². The van der Waals surface area contributed by atoms with Crippen LogP contribution in [-0.2, 0) is 14.9 Å². The minimum absolute atomic E-state index is 0. The molecule has 0 aliphatic rings. The average Bonchev–Trinajstić information content (AvgIpc) is 2.71. The molecule has 0 heterocycles. The molecule has 0 aliphatic heterocycles. The van der Waals surface area contributed by atoms with Gasteiger partial charge in [-0.15, -0.1) is 12.4 Å². The summed E-state index contributed by atoms with van der Waals surface area (Å²) in [6.07, 6.45) is 0.538. The molecule has 2 rings (SSSR count). The molecule has 0 aliphatic carbocycles. The molecule has 0 fully saturated rings. The number of hydrogen-bond donors (Lipinski definition) is 0. The largest absolute Gasteiger partial charge is 0.508 e. The number of nitrogens with zero attached hydrogens (tertiary/aromatic N) is 1. The van der Waals surface area contributed by atoms with Crippen molar-refractivity contribution in [2.24, 2.45) is 0 Å². The summed E-state index contributed by atoms with van der Waals surface area (Å²) < 4.78 is 11.0. The number of carbonyl (C=O) groups excluding carboxylic acids is 1. The molecular weight excluding hydrogens is 386 g/mol. The lowest BCUT2D eigenvalue weighted by Crippen LogP contribution is -2.47. The van der Waals surface area contributed by atoms with Gasteiger partial charge in [-0.3, -0.25) is 0 Å². The van der Waals surface area contributed by atoms with Crippen LogP contribution >= 0.6 is 12.4 Å². The van der Waals surface area contributed by atoms with Crippen molar-refractivity contribution < 1.29 is 14.3 Å². The summed E-state index contributed by atoms with van der Waals surface area (Å²) in [4.78, 5) is 14.5. The highest BCUT2D eigenvalue weighted by Gasteiger charge is 2.45. The molecule has 2 aromatic rings. The Bertz CT molecular complexity index is 682. The van der Waals surface area contributed by atoms with E-state index in [1.165, 1.54) is 0 Å². The van der Waals surface area contributed by atoms with E-state index >= 15 is 0 Å². The highest BCUT2D eigenvalue weighted by atomic mass is 35.5. The zero-order valence-electron chi connectivity index (χ0n) is 18.1. The van der Waals surface area contributed by atoms with E-state index in [9.17, 15) is 4.79 Å². The van der Waals surface area contributed by atoms with Crippen LogP contribution in [0.5, 0.6) is 0 Å². The maximum absolute atomic E-state index is 12.3. The summed E-state index contributed by atoms with van der Waals surface area (Å²) in [7, 11) is 4.16. The van der Waals surface area contributed by atoms with Crippen LogP contribution in [0.4, 0.5) is 4.79 Å². The van der Waals surface area contributed by atoms with E-state index in [0.29, 0.717) is 13.0 Å². The number of halogens is 1. The molecule has 0 N–H and O–H groups in total. The second-order valence-electron chi connectivity index (χ2n) is 7.42. The van der Waals surface area contributed by atoms with Crippen LogP contribution < -0.4 is 0 Å². The van der Waals surface area contributed by atoms with Crippen molar-refractivity contribution in [1.29, 1.82) is 0 Å². The first kappa shape index (κ1) is 25.0. The lowest BCUT2D eigenvalue weighted by atomic mass is 9.66. The van der Waals surface area contributed by atoms with E-state index < -0.39 is 11.6 Å². The van der Waals surface area contributed by atoms with E-state index in [1.807, 2.05) is 36.4 Å². The number of carbonyl (C=O) groups is 1. The van der Waals surface area contributed by atoms with E-state index in [4.69, 9.17) is 9.47 Å². The van der Waals surface area contributed by atoms with Gasteiger partial charge in [-0.05, 0) is 51.9 Å². The van der Waals surface area contributed by atoms with Gasteiger partial charge in [0.25, 0.3) is 0 Å². The van der Waals surface area contributed by atoms with Gasteiger partial charge in [0.15, 0.2) is 0 Å². The second-order valence-corrected chi connectivity index (χ2v) is 7.42. The molecule has 4 nitrogen and oxygen atoms in total. The van der Waals surface area contributed by atoms with Crippen molar-refractivity contribution in [3.05, 3.63) is 71.8 Å².